The fourth-order valence-electron chi connectivity index (χ4n) is 2.51. The number of nitrogens with zero attached hydrogens (tertiary/aromatic N) is 1. The molecule has 0 fully saturated rings. The van der Waals surface area contributed by atoms with Gasteiger partial charge < -0.3 is 19.3 Å². The largest absolute Gasteiger partial charge is 0.497 e. The average Bonchev–Trinajstić information content (AvgIpc) is 3.11. The molecule has 0 bridgehead atoms. The second-order valence-electron chi connectivity index (χ2n) is 5.97. The maximum atomic E-state index is 12.5. The average molecular weight is 417 g/mol. The molecule has 0 unspecified atom stereocenters. The molecule has 2 aromatic carbocycles. The van der Waals surface area contributed by atoms with Gasteiger partial charge in [0.25, 0.3) is 15.9 Å². The maximum Gasteiger partial charge on any atom is 0.263 e. The van der Waals surface area contributed by atoms with Gasteiger partial charge in [0.15, 0.2) is 5.82 Å². The Kier molecular flexibility index (Phi) is 5.74. The van der Waals surface area contributed by atoms with Crippen LogP contribution in [0, 0.1) is 6.92 Å². The zero-order valence-corrected chi connectivity index (χ0v) is 16.7. The lowest BCUT2D eigenvalue weighted by atomic mass is 10.1. The van der Waals surface area contributed by atoms with E-state index in [1.54, 1.807) is 25.1 Å². The van der Waals surface area contributed by atoms with E-state index in [1.165, 1.54) is 44.6 Å². The number of carbonyl (C=O) groups excluding carboxylic acids is 1. The van der Waals surface area contributed by atoms with Gasteiger partial charge in [0.05, 0.1) is 24.7 Å². The summed E-state index contributed by atoms with van der Waals surface area (Å²) in [6, 6.07) is 12.0. The summed E-state index contributed by atoms with van der Waals surface area (Å²) < 4.78 is 42.3. The number of rotatable bonds is 7. The molecule has 9 nitrogen and oxygen atoms in total. The first-order valence-corrected chi connectivity index (χ1v) is 9.90. The minimum Gasteiger partial charge on any atom is -0.497 e. The van der Waals surface area contributed by atoms with Gasteiger partial charge in [0, 0.05) is 17.8 Å². The molecule has 0 radical (unpaired) electrons. The van der Waals surface area contributed by atoms with E-state index in [0.29, 0.717) is 28.5 Å². The first kappa shape index (κ1) is 20.2. The number of sulfonamides is 1. The highest BCUT2D eigenvalue weighted by atomic mass is 32.2. The molecular formula is C19H19N3O6S. The van der Waals surface area contributed by atoms with Crippen LogP contribution in [0.2, 0.25) is 0 Å². The summed E-state index contributed by atoms with van der Waals surface area (Å²) in [6.07, 6.45) is 0. The minimum atomic E-state index is -3.83. The molecule has 2 N–H and O–H groups in total. The van der Waals surface area contributed by atoms with Crippen molar-refractivity contribution in [3.05, 3.63) is 59.9 Å². The lowest BCUT2D eigenvalue weighted by Crippen LogP contribution is -2.15. The van der Waals surface area contributed by atoms with Crippen LogP contribution in [0.15, 0.2) is 57.9 Å². The number of hydrogen-bond acceptors (Lipinski definition) is 7. The van der Waals surface area contributed by atoms with Gasteiger partial charge in [-0.15, -0.1) is 0 Å². The van der Waals surface area contributed by atoms with Crippen LogP contribution in [0.3, 0.4) is 0 Å². The summed E-state index contributed by atoms with van der Waals surface area (Å²) in [6.45, 7) is 1.65. The van der Waals surface area contributed by atoms with E-state index < -0.39 is 15.9 Å². The second-order valence-corrected chi connectivity index (χ2v) is 7.66. The Morgan fingerprint density at radius 2 is 1.76 bits per heavy atom. The number of nitrogens with one attached hydrogen (secondary N) is 2. The Hall–Kier alpha value is -3.53. The SMILES string of the molecule is COc1ccc(C(=O)Nc2ccc(S(=O)(=O)Nc3cc(C)on3)cc2)c(OC)c1. The number of anilines is 2. The van der Waals surface area contributed by atoms with Crippen LogP contribution in [0.4, 0.5) is 11.5 Å². The van der Waals surface area contributed by atoms with E-state index in [1.807, 2.05) is 0 Å². The van der Waals surface area contributed by atoms with E-state index in [2.05, 4.69) is 15.2 Å². The topological polar surface area (TPSA) is 120 Å². The number of methoxy groups -OCH3 is 2. The van der Waals surface area contributed by atoms with Crippen molar-refractivity contribution >= 4 is 27.4 Å². The Morgan fingerprint density at radius 1 is 1.03 bits per heavy atom. The number of aromatic nitrogens is 1. The normalized spacial score (nSPS) is 11.0. The standard InChI is InChI=1S/C19H19N3O6S/c1-12-10-18(21-28-12)22-29(24,25)15-7-4-13(5-8-15)20-19(23)16-9-6-14(26-2)11-17(16)27-3/h4-11H,1-3H3,(H,20,23)(H,21,22). The first-order valence-electron chi connectivity index (χ1n) is 8.42. The fourth-order valence-corrected chi connectivity index (χ4v) is 3.50. The lowest BCUT2D eigenvalue weighted by Gasteiger charge is -2.11. The predicted octanol–water partition coefficient (Wildman–Crippen LogP) is 3.05. The Labute approximate surface area is 167 Å². The van der Waals surface area contributed by atoms with Crippen LogP contribution in [0.5, 0.6) is 11.5 Å². The van der Waals surface area contributed by atoms with E-state index in [4.69, 9.17) is 14.0 Å². The van der Waals surface area contributed by atoms with Gasteiger partial charge in [-0.1, -0.05) is 5.16 Å². The molecule has 0 aliphatic carbocycles. The van der Waals surface area contributed by atoms with E-state index in [9.17, 15) is 13.2 Å². The van der Waals surface area contributed by atoms with Gasteiger partial charge in [0.2, 0.25) is 0 Å². The van der Waals surface area contributed by atoms with Gasteiger partial charge in [-0.25, -0.2) is 8.42 Å². The third kappa shape index (κ3) is 4.66. The molecule has 1 amide bonds. The molecular weight excluding hydrogens is 398 g/mol. The molecule has 3 rings (SSSR count). The molecule has 0 aliphatic rings. The van der Waals surface area contributed by atoms with Crippen molar-refractivity contribution in [1.82, 2.24) is 5.16 Å². The fraction of sp³-hybridized carbons (Fsp3) is 0.158. The predicted molar refractivity (Wildman–Crippen MR) is 106 cm³/mol. The summed E-state index contributed by atoms with van der Waals surface area (Å²) in [5.74, 6) is 1.08. The molecule has 0 spiro atoms. The molecule has 0 aliphatic heterocycles. The van der Waals surface area contributed by atoms with Crippen LogP contribution in [0.25, 0.3) is 0 Å². The molecule has 0 saturated carbocycles. The monoisotopic (exact) mass is 417 g/mol. The number of carbonyl (C=O) groups is 1. The molecule has 0 saturated heterocycles. The summed E-state index contributed by atoms with van der Waals surface area (Å²) >= 11 is 0. The lowest BCUT2D eigenvalue weighted by molar-refractivity contribution is 0.102. The minimum absolute atomic E-state index is 0.0122. The number of benzene rings is 2. The third-order valence-corrected chi connectivity index (χ3v) is 5.31. The van der Waals surface area contributed by atoms with Crippen molar-refractivity contribution < 1.29 is 27.2 Å². The molecule has 10 heteroatoms. The molecule has 152 valence electrons. The van der Waals surface area contributed by atoms with Crippen molar-refractivity contribution in [3.8, 4) is 11.5 Å². The van der Waals surface area contributed by atoms with E-state index in [-0.39, 0.29) is 10.7 Å². The molecule has 1 aromatic heterocycles. The van der Waals surface area contributed by atoms with Gasteiger partial charge in [-0.2, -0.15) is 0 Å². The van der Waals surface area contributed by atoms with Gasteiger partial charge in [0.1, 0.15) is 17.3 Å². The quantitative estimate of drug-likeness (QED) is 0.606. The Morgan fingerprint density at radius 3 is 2.34 bits per heavy atom. The molecule has 29 heavy (non-hydrogen) atoms. The smallest absolute Gasteiger partial charge is 0.263 e. The zero-order chi connectivity index (χ0) is 21.0. The highest BCUT2D eigenvalue weighted by Gasteiger charge is 2.17. The number of ether oxygens (including phenoxy) is 2. The van der Waals surface area contributed by atoms with E-state index >= 15 is 0 Å². The van der Waals surface area contributed by atoms with Crippen molar-refractivity contribution in [2.45, 2.75) is 11.8 Å². The highest BCUT2D eigenvalue weighted by molar-refractivity contribution is 7.92. The van der Waals surface area contributed by atoms with E-state index in [0.717, 1.165) is 0 Å². The van der Waals surface area contributed by atoms with Gasteiger partial charge >= 0.3 is 0 Å². The van der Waals surface area contributed by atoms with Crippen molar-refractivity contribution in [2.75, 3.05) is 24.3 Å². The van der Waals surface area contributed by atoms with Crippen LogP contribution >= 0.6 is 0 Å². The summed E-state index contributed by atoms with van der Waals surface area (Å²) in [5, 5.41) is 6.30. The van der Waals surface area contributed by atoms with Crippen molar-refractivity contribution in [3.63, 3.8) is 0 Å². The van der Waals surface area contributed by atoms with Crippen LogP contribution < -0.4 is 19.5 Å². The number of aryl methyl sites for hydroxylation is 1. The van der Waals surface area contributed by atoms with Gasteiger partial charge in [-0.05, 0) is 43.3 Å². The Balaban J connectivity index is 1.74. The molecule has 0 atom stereocenters. The maximum absolute atomic E-state index is 12.5. The summed E-state index contributed by atoms with van der Waals surface area (Å²) in [4.78, 5) is 12.5. The van der Waals surface area contributed by atoms with Crippen LogP contribution in [-0.4, -0.2) is 33.7 Å². The van der Waals surface area contributed by atoms with Crippen LogP contribution in [0.1, 0.15) is 16.1 Å². The van der Waals surface area contributed by atoms with Crippen molar-refractivity contribution in [1.29, 1.82) is 0 Å². The molecule has 1 heterocycles. The number of hydrogen-bond donors (Lipinski definition) is 2. The molecule has 3 aromatic rings. The zero-order valence-electron chi connectivity index (χ0n) is 15.9. The van der Waals surface area contributed by atoms with Crippen LogP contribution in [-0.2, 0) is 10.0 Å². The summed E-state index contributed by atoms with van der Waals surface area (Å²) in [5.41, 5.74) is 0.733. The summed E-state index contributed by atoms with van der Waals surface area (Å²) in [7, 11) is -0.865. The second kappa shape index (κ2) is 8.23. The Bertz CT molecular complexity index is 1120. The third-order valence-electron chi connectivity index (χ3n) is 3.94. The number of amides is 1. The first-order chi connectivity index (χ1) is 13.8. The van der Waals surface area contributed by atoms with Crippen molar-refractivity contribution in [2.24, 2.45) is 0 Å². The highest BCUT2D eigenvalue weighted by Crippen LogP contribution is 2.26. The van der Waals surface area contributed by atoms with Gasteiger partial charge in [-0.3, -0.25) is 9.52 Å².